The fraction of sp³-hybridized carbons (Fsp3) is 0.167. The van der Waals surface area contributed by atoms with Gasteiger partial charge in [0.2, 0.25) is 17.7 Å². The normalized spacial score (nSPS) is 10.8. The van der Waals surface area contributed by atoms with E-state index in [2.05, 4.69) is 15.5 Å². The van der Waals surface area contributed by atoms with E-state index in [4.69, 9.17) is 16.0 Å². The molecule has 7 heteroatoms. The highest BCUT2D eigenvalue weighted by molar-refractivity contribution is 6.33. The number of carbonyl (C=O) groups is 1. The quantitative estimate of drug-likeness (QED) is 0.732. The highest BCUT2D eigenvalue weighted by Gasteiger charge is 2.13. The summed E-state index contributed by atoms with van der Waals surface area (Å²) in [6.07, 6.45) is 0. The third-order valence-corrected chi connectivity index (χ3v) is 3.78. The Morgan fingerprint density at radius 2 is 1.84 bits per heavy atom. The fourth-order valence-electron chi connectivity index (χ4n) is 2.30. The topological polar surface area (TPSA) is 71.3 Å². The number of nitrogens with zero attached hydrogens (tertiary/aromatic N) is 3. The minimum absolute atomic E-state index is 0.168. The molecule has 0 saturated carbocycles. The molecular formula is C18H17ClN4O2. The van der Waals surface area contributed by atoms with Crippen LogP contribution in [0.15, 0.2) is 59.0 Å². The molecule has 25 heavy (non-hydrogen) atoms. The van der Waals surface area contributed by atoms with Crippen LogP contribution in [-0.2, 0) is 11.3 Å². The van der Waals surface area contributed by atoms with Crippen molar-refractivity contribution in [2.45, 2.75) is 6.54 Å². The number of nitrogens with one attached hydrogen (secondary N) is 1. The van der Waals surface area contributed by atoms with Crippen LogP contribution in [0.4, 0.5) is 5.69 Å². The van der Waals surface area contributed by atoms with Crippen molar-refractivity contribution in [2.75, 3.05) is 18.9 Å². The lowest BCUT2D eigenvalue weighted by Crippen LogP contribution is -2.30. The molecule has 0 saturated heterocycles. The smallest absolute Gasteiger partial charge is 0.247 e. The predicted molar refractivity (Wildman–Crippen MR) is 96.1 cm³/mol. The molecule has 3 rings (SSSR count). The zero-order chi connectivity index (χ0) is 17.6. The van der Waals surface area contributed by atoms with Gasteiger partial charge in [-0.2, -0.15) is 0 Å². The van der Waals surface area contributed by atoms with E-state index in [1.54, 1.807) is 24.1 Å². The Morgan fingerprint density at radius 1 is 1.12 bits per heavy atom. The summed E-state index contributed by atoms with van der Waals surface area (Å²) in [5.74, 6) is 0.745. The Hall–Kier alpha value is -2.70. The molecule has 0 fully saturated rings. The molecule has 128 valence electrons. The van der Waals surface area contributed by atoms with Gasteiger partial charge in [0, 0.05) is 5.56 Å². The first-order valence-electron chi connectivity index (χ1n) is 7.72. The maximum Gasteiger partial charge on any atom is 0.247 e. The molecule has 0 atom stereocenters. The number of likely N-dealkylation sites (N-methyl/N-ethyl adjacent to an activating group) is 1. The first-order chi connectivity index (χ1) is 12.1. The Labute approximate surface area is 150 Å². The second-order valence-electron chi connectivity index (χ2n) is 5.57. The lowest BCUT2D eigenvalue weighted by molar-refractivity contribution is -0.117. The molecule has 0 aliphatic rings. The molecule has 0 aliphatic carbocycles. The minimum atomic E-state index is -0.168. The van der Waals surface area contributed by atoms with Crippen molar-refractivity contribution >= 4 is 23.2 Å². The Morgan fingerprint density at radius 3 is 2.60 bits per heavy atom. The third-order valence-electron chi connectivity index (χ3n) is 3.45. The average molecular weight is 357 g/mol. The SMILES string of the molecule is CN(CC(=O)Nc1ccccc1Cl)Cc1nnc(-c2ccccc2)o1. The molecule has 0 unspecified atom stereocenters. The number of anilines is 1. The van der Waals surface area contributed by atoms with Crippen molar-refractivity contribution in [2.24, 2.45) is 0 Å². The van der Waals surface area contributed by atoms with Gasteiger partial charge in [-0.25, -0.2) is 0 Å². The van der Waals surface area contributed by atoms with Crippen molar-refractivity contribution in [1.29, 1.82) is 0 Å². The van der Waals surface area contributed by atoms with Gasteiger partial charge in [0.05, 0.1) is 23.8 Å². The monoisotopic (exact) mass is 356 g/mol. The summed E-state index contributed by atoms with van der Waals surface area (Å²) in [6.45, 7) is 0.546. The summed E-state index contributed by atoms with van der Waals surface area (Å²) in [6, 6.07) is 16.6. The average Bonchev–Trinajstić information content (AvgIpc) is 3.06. The van der Waals surface area contributed by atoms with E-state index in [0.717, 1.165) is 5.56 Å². The van der Waals surface area contributed by atoms with E-state index < -0.39 is 0 Å². The van der Waals surface area contributed by atoms with Crippen molar-refractivity contribution in [1.82, 2.24) is 15.1 Å². The molecule has 1 N–H and O–H groups in total. The van der Waals surface area contributed by atoms with Crippen molar-refractivity contribution < 1.29 is 9.21 Å². The maximum absolute atomic E-state index is 12.1. The van der Waals surface area contributed by atoms with Gasteiger partial charge in [-0.05, 0) is 31.3 Å². The van der Waals surface area contributed by atoms with Gasteiger partial charge < -0.3 is 9.73 Å². The van der Waals surface area contributed by atoms with Crippen molar-refractivity contribution in [3.63, 3.8) is 0 Å². The van der Waals surface area contributed by atoms with E-state index in [-0.39, 0.29) is 12.5 Å². The molecule has 1 heterocycles. The summed E-state index contributed by atoms with van der Waals surface area (Å²) in [5.41, 5.74) is 1.45. The Kier molecular flexibility index (Phi) is 5.42. The van der Waals surface area contributed by atoms with Gasteiger partial charge in [-0.1, -0.05) is 41.9 Å². The first kappa shape index (κ1) is 17.1. The van der Waals surface area contributed by atoms with Crippen LogP contribution in [0.2, 0.25) is 5.02 Å². The minimum Gasteiger partial charge on any atom is -0.419 e. The number of halogens is 1. The van der Waals surface area contributed by atoms with Crippen LogP contribution in [0.5, 0.6) is 0 Å². The number of amides is 1. The molecule has 0 bridgehead atoms. The molecule has 3 aromatic rings. The maximum atomic E-state index is 12.1. The Balaban J connectivity index is 1.56. The summed E-state index contributed by atoms with van der Waals surface area (Å²) in [7, 11) is 1.80. The van der Waals surface area contributed by atoms with E-state index >= 15 is 0 Å². The van der Waals surface area contributed by atoms with Crippen LogP contribution in [0, 0.1) is 0 Å². The van der Waals surface area contributed by atoms with Crippen LogP contribution in [0.25, 0.3) is 11.5 Å². The second-order valence-corrected chi connectivity index (χ2v) is 5.97. The second kappa shape index (κ2) is 7.92. The number of hydrogen-bond acceptors (Lipinski definition) is 5. The van der Waals surface area contributed by atoms with Crippen LogP contribution in [0.1, 0.15) is 5.89 Å². The number of hydrogen-bond donors (Lipinski definition) is 1. The number of para-hydroxylation sites is 1. The molecule has 0 aliphatic heterocycles. The lowest BCUT2D eigenvalue weighted by Gasteiger charge is -2.14. The van der Waals surface area contributed by atoms with E-state index in [9.17, 15) is 4.79 Å². The van der Waals surface area contributed by atoms with Crippen molar-refractivity contribution in [3.8, 4) is 11.5 Å². The van der Waals surface area contributed by atoms with Gasteiger partial charge >= 0.3 is 0 Å². The largest absolute Gasteiger partial charge is 0.419 e. The number of rotatable bonds is 6. The summed E-state index contributed by atoms with van der Waals surface area (Å²) < 4.78 is 5.64. The first-order valence-corrected chi connectivity index (χ1v) is 8.10. The molecule has 1 amide bonds. The van der Waals surface area contributed by atoms with Crippen molar-refractivity contribution in [3.05, 3.63) is 65.5 Å². The van der Waals surface area contributed by atoms with Gasteiger partial charge in [0.1, 0.15) is 0 Å². The molecule has 2 aromatic carbocycles. The highest BCUT2D eigenvalue weighted by atomic mass is 35.5. The van der Waals surface area contributed by atoms with Gasteiger partial charge in [-0.3, -0.25) is 9.69 Å². The van der Waals surface area contributed by atoms with Crippen LogP contribution >= 0.6 is 11.6 Å². The zero-order valence-corrected chi connectivity index (χ0v) is 14.4. The fourth-order valence-corrected chi connectivity index (χ4v) is 2.48. The van der Waals surface area contributed by atoms with Crippen LogP contribution < -0.4 is 5.32 Å². The predicted octanol–water partition coefficient (Wildman–Crippen LogP) is 3.46. The summed E-state index contributed by atoms with van der Waals surface area (Å²) in [4.78, 5) is 13.9. The summed E-state index contributed by atoms with van der Waals surface area (Å²) in [5, 5.41) is 11.3. The molecule has 1 aromatic heterocycles. The van der Waals surface area contributed by atoms with E-state index in [0.29, 0.717) is 29.0 Å². The lowest BCUT2D eigenvalue weighted by atomic mass is 10.2. The molecule has 6 nitrogen and oxygen atoms in total. The van der Waals surface area contributed by atoms with Gasteiger partial charge in [0.15, 0.2) is 0 Å². The molecule has 0 spiro atoms. The van der Waals surface area contributed by atoms with Crippen LogP contribution in [-0.4, -0.2) is 34.6 Å². The summed E-state index contributed by atoms with van der Waals surface area (Å²) >= 11 is 6.03. The standard InChI is InChI=1S/C18H17ClN4O2/c1-23(11-16(24)20-15-10-6-5-9-14(15)19)12-17-21-22-18(25-17)13-7-3-2-4-8-13/h2-10H,11-12H2,1H3,(H,20,24). The van der Waals surface area contributed by atoms with E-state index in [1.807, 2.05) is 42.5 Å². The van der Waals surface area contributed by atoms with Gasteiger partial charge in [-0.15, -0.1) is 10.2 Å². The highest BCUT2D eigenvalue weighted by Crippen LogP contribution is 2.20. The molecule has 0 radical (unpaired) electrons. The Bertz CT molecular complexity index is 851. The third kappa shape index (κ3) is 4.65. The number of carbonyl (C=O) groups excluding carboxylic acids is 1. The molecular weight excluding hydrogens is 340 g/mol. The zero-order valence-electron chi connectivity index (χ0n) is 13.6. The van der Waals surface area contributed by atoms with E-state index in [1.165, 1.54) is 0 Å². The van der Waals surface area contributed by atoms with Crippen LogP contribution in [0.3, 0.4) is 0 Å². The number of benzene rings is 2. The van der Waals surface area contributed by atoms with Gasteiger partial charge in [0.25, 0.3) is 0 Å². The number of aromatic nitrogens is 2.